The van der Waals surface area contributed by atoms with E-state index >= 15 is 0 Å². The molecule has 0 spiro atoms. The molecule has 1 heterocycles. The van der Waals surface area contributed by atoms with Gasteiger partial charge in [0.15, 0.2) is 0 Å². The fourth-order valence-corrected chi connectivity index (χ4v) is 2.47. The highest BCUT2D eigenvalue weighted by atomic mass is 32.1. The van der Waals surface area contributed by atoms with E-state index in [9.17, 15) is 4.79 Å². The number of anilines is 1. The molecule has 124 valence electrons. The minimum Gasteiger partial charge on any atom is -0.487 e. The molecule has 0 saturated heterocycles. The van der Waals surface area contributed by atoms with Crippen molar-refractivity contribution in [1.82, 2.24) is 4.98 Å². The minimum absolute atomic E-state index is 0.0316. The van der Waals surface area contributed by atoms with Gasteiger partial charge in [-0.25, -0.2) is 4.98 Å². The largest absolute Gasteiger partial charge is 0.487 e. The molecule has 0 aliphatic rings. The SMILES string of the molecule is CC(CC(=O)Nc1cccc(OCc2cscn2)c1)C(C)(C)C. The summed E-state index contributed by atoms with van der Waals surface area (Å²) in [5, 5.41) is 4.90. The molecular weight excluding hydrogens is 308 g/mol. The number of rotatable bonds is 6. The van der Waals surface area contributed by atoms with Crippen molar-refractivity contribution in [3.05, 3.63) is 40.8 Å². The van der Waals surface area contributed by atoms with Crippen molar-refractivity contribution < 1.29 is 9.53 Å². The average molecular weight is 332 g/mol. The number of nitrogens with one attached hydrogen (secondary N) is 1. The molecule has 0 radical (unpaired) electrons. The zero-order valence-corrected chi connectivity index (χ0v) is 14.9. The number of thiazole rings is 1. The molecule has 2 aromatic rings. The predicted molar refractivity (Wildman–Crippen MR) is 94.8 cm³/mol. The first-order chi connectivity index (χ1) is 10.8. The summed E-state index contributed by atoms with van der Waals surface area (Å²) in [7, 11) is 0. The Bertz CT molecular complexity index is 633. The van der Waals surface area contributed by atoms with Crippen molar-refractivity contribution in [2.75, 3.05) is 5.32 Å². The fraction of sp³-hybridized carbons (Fsp3) is 0.444. The third kappa shape index (κ3) is 5.67. The molecule has 0 aliphatic carbocycles. The summed E-state index contributed by atoms with van der Waals surface area (Å²) in [5.41, 5.74) is 3.57. The van der Waals surface area contributed by atoms with Crippen molar-refractivity contribution in [1.29, 1.82) is 0 Å². The number of carbonyl (C=O) groups excluding carboxylic acids is 1. The Balaban J connectivity index is 1.90. The molecule has 1 unspecified atom stereocenters. The summed E-state index contributed by atoms with van der Waals surface area (Å²) in [6.45, 7) is 8.99. The lowest BCUT2D eigenvalue weighted by atomic mass is 9.80. The molecule has 5 heteroatoms. The Kier molecular flexibility index (Phi) is 5.77. The normalized spacial score (nSPS) is 12.7. The molecule has 0 fully saturated rings. The Morgan fingerprint density at radius 2 is 2.17 bits per heavy atom. The summed E-state index contributed by atoms with van der Waals surface area (Å²) in [6.07, 6.45) is 0.507. The number of nitrogens with zero attached hydrogens (tertiary/aromatic N) is 1. The van der Waals surface area contributed by atoms with E-state index in [2.05, 4.69) is 38.0 Å². The number of aromatic nitrogens is 1. The summed E-state index contributed by atoms with van der Waals surface area (Å²) in [5.74, 6) is 1.07. The first-order valence-electron chi connectivity index (χ1n) is 7.74. The molecule has 1 aromatic carbocycles. The van der Waals surface area contributed by atoms with Gasteiger partial charge in [-0.1, -0.05) is 33.8 Å². The number of amides is 1. The van der Waals surface area contributed by atoms with Gasteiger partial charge in [-0.3, -0.25) is 4.79 Å². The van der Waals surface area contributed by atoms with Gasteiger partial charge in [-0.2, -0.15) is 0 Å². The zero-order chi connectivity index (χ0) is 16.9. The third-order valence-electron chi connectivity index (χ3n) is 3.96. The molecular formula is C18H24N2O2S. The van der Waals surface area contributed by atoms with Crippen LogP contribution in [0.2, 0.25) is 0 Å². The van der Waals surface area contributed by atoms with Crippen LogP contribution < -0.4 is 10.1 Å². The molecule has 0 saturated carbocycles. The standard InChI is InChI=1S/C18H24N2O2S/c1-13(18(2,3)4)8-17(21)20-14-6-5-7-16(9-14)22-10-15-11-23-12-19-15/h5-7,9,11-13H,8,10H2,1-4H3,(H,20,21). The molecule has 23 heavy (non-hydrogen) atoms. The van der Waals surface area contributed by atoms with Gasteiger partial charge in [0.25, 0.3) is 0 Å². The van der Waals surface area contributed by atoms with Gasteiger partial charge in [-0.05, 0) is 23.5 Å². The molecule has 0 bridgehead atoms. The van der Waals surface area contributed by atoms with E-state index in [1.54, 1.807) is 16.8 Å². The number of hydrogen-bond acceptors (Lipinski definition) is 4. The second-order valence-corrected chi connectivity index (χ2v) is 7.53. The second kappa shape index (κ2) is 7.59. The van der Waals surface area contributed by atoms with E-state index in [0.717, 1.165) is 17.1 Å². The monoisotopic (exact) mass is 332 g/mol. The number of ether oxygens (including phenoxy) is 1. The van der Waals surface area contributed by atoms with Crippen molar-refractivity contribution in [3.8, 4) is 5.75 Å². The molecule has 1 atom stereocenters. The molecule has 4 nitrogen and oxygen atoms in total. The van der Waals surface area contributed by atoms with Gasteiger partial charge in [0.2, 0.25) is 5.91 Å². The second-order valence-electron chi connectivity index (χ2n) is 6.82. The van der Waals surface area contributed by atoms with Crippen molar-refractivity contribution in [2.45, 2.75) is 40.7 Å². The number of carbonyl (C=O) groups is 1. The Morgan fingerprint density at radius 3 is 2.83 bits per heavy atom. The highest BCUT2D eigenvalue weighted by Gasteiger charge is 2.22. The van der Waals surface area contributed by atoms with Gasteiger partial charge in [0, 0.05) is 23.6 Å². The Labute approximate surface area is 141 Å². The van der Waals surface area contributed by atoms with Crippen LogP contribution in [-0.2, 0) is 11.4 Å². The van der Waals surface area contributed by atoms with Crippen molar-refractivity contribution >= 4 is 22.9 Å². The molecule has 2 rings (SSSR count). The third-order valence-corrected chi connectivity index (χ3v) is 4.59. The average Bonchev–Trinajstić information content (AvgIpc) is 2.97. The quantitative estimate of drug-likeness (QED) is 0.832. The van der Waals surface area contributed by atoms with Gasteiger partial charge in [0.05, 0.1) is 11.2 Å². The maximum absolute atomic E-state index is 12.2. The molecule has 1 N–H and O–H groups in total. The van der Waals surface area contributed by atoms with E-state index in [4.69, 9.17) is 4.74 Å². The van der Waals surface area contributed by atoms with Crippen LogP contribution in [-0.4, -0.2) is 10.9 Å². The Hall–Kier alpha value is -1.88. The van der Waals surface area contributed by atoms with Crippen LogP contribution in [0.4, 0.5) is 5.69 Å². The van der Waals surface area contributed by atoms with Crippen LogP contribution in [0.3, 0.4) is 0 Å². The maximum Gasteiger partial charge on any atom is 0.224 e. The topological polar surface area (TPSA) is 51.2 Å². The molecule has 1 amide bonds. The summed E-state index contributed by atoms with van der Waals surface area (Å²) < 4.78 is 5.70. The van der Waals surface area contributed by atoms with Gasteiger partial charge in [-0.15, -0.1) is 11.3 Å². The first kappa shape index (κ1) is 17.5. The van der Waals surface area contributed by atoms with Crippen LogP contribution in [0, 0.1) is 11.3 Å². The molecule has 0 aliphatic heterocycles. The first-order valence-corrected chi connectivity index (χ1v) is 8.68. The summed E-state index contributed by atoms with van der Waals surface area (Å²) in [6, 6.07) is 7.46. The lowest BCUT2D eigenvalue weighted by Crippen LogP contribution is -2.23. The van der Waals surface area contributed by atoms with Crippen molar-refractivity contribution in [3.63, 3.8) is 0 Å². The highest BCUT2D eigenvalue weighted by molar-refractivity contribution is 7.07. The van der Waals surface area contributed by atoms with Crippen molar-refractivity contribution in [2.24, 2.45) is 11.3 Å². The zero-order valence-electron chi connectivity index (χ0n) is 14.1. The van der Waals surface area contributed by atoms with Crippen LogP contribution in [0.15, 0.2) is 35.2 Å². The lowest BCUT2D eigenvalue weighted by molar-refractivity contribution is -0.117. The van der Waals surface area contributed by atoms with Crippen LogP contribution in [0.25, 0.3) is 0 Å². The van der Waals surface area contributed by atoms with Gasteiger partial charge < -0.3 is 10.1 Å². The smallest absolute Gasteiger partial charge is 0.224 e. The van der Waals surface area contributed by atoms with Gasteiger partial charge in [0.1, 0.15) is 12.4 Å². The van der Waals surface area contributed by atoms with E-state index in [0.29, 0.717) is 18.9 Å². The van der Waals surface area contributed by atoms with Crippen LogP contribution >= 0.6 is 11.3 Å². The maximum atomic E-state index is 12.2. The van der Waals surface area contributed by atoms with Crippen LogP contribution in [0.1, 0.15) is 39.8 Å². The van der Waals surface area contributed by atoms with E-state index in [1.165, 1.54) is 0 Å². The number of benzene rings is 1. The number of hydrogen-bond donors (Lipinski definition) is 1. The van der Waals surface area contributed by atoms with E-state index in [1.807, 2.05) is 29.6 Å². The highest BCUT2D eigenvalue weighted by Crippen LogP contribution is 2.28. The lowest BCUT2D eigenvalue weighted by Gasteiger charge is -2.26. The van der Waals surface area contributed by atoms with E-state index in [-0.39, 0.29) is 11.3 Å². The van der Waals surface area contributed by atoms with Gasteiger partial charge >= 0.3 is 0 Å². The van der Waals surface area contributed by atoms with Crippen LogP contribution in [0.5, 0.6) is 5.75 Å². The predicted octanol–water partition coefficient (Wildman–Crippen LogP) is 4.73. The minimum atomic E-state index is 0.0316. The Morgan fingerprint density at radius 1 is 1.39 bits per heavy atom. The fourth-order valence-electron chi connectivity index (χ4n) is 1.93. The summed E-state index contributed by atoms with van der Waals surface area (Å²) >= 11 is 1.55. The molecule has 1 aromatic heterocycles. The van der Waals surface area contributed by atoms with E-state index < -0.39 is 0 Å². The summed E-state index contributed by atoms with van der Waals surface area (Å²) in [4.78, 5) is 16.3.